The molecular weight excluding hydrogens is 221 g/mol. The van der Waals surface area contributed by atoms with E-state index < -0.39 is 0 Å². The lowest BCUT2D eigenvalue weighted by Crippen LogP contribution is -1.87. The Balaban J connectivity index is 2.89. The van der Waals surface area contributed by atoms with E-state index in [1.807, 2.05) is 6.07 Å². The molecule has 1 aromatic carbocycles. The van der Waals surface area contributed by atoms with Crippen LogP contribution >= 0.6 is 22.9 Å². The average Bonchev–Trinajstić information content (AvgIpc) is 2.59. The van der Waals surface area contributed by atoms with Crippen LogP contribution in [0.4, 0.5) is 4.39 Å². The van der Waals surface area contributed by atoms with Gasteiger partial charge in [0.25, 0.3) is 0 Å². The summed E-state index contributed by atoms with van der Waals surface area (Å²) in [6.45, 7) is 0. The second-order valence-electron chi connectivity index (χ2n) is 2.79. The molecule has 0 atom stereocenters. The summed E-state index contributed by atoms with van der Waals surface area (Å²) < 4.78 is 14.2. The molecule has 0 radical (unpaired) electrons. The predicted octanol–water partition coefficient (Wildman–Crippen LogP) is 3.65. The summed E-state index contributed by atoms with van der Waals surface area (Å²) in [4.78, 5) is 0. The van der Waals surface area contributed by atoms with Crippen molar-refractivity contribution >= 4 is 33.0 Å². The number of hydrogen-bond acceptors (Lipinski definition) is 2. The van der Waals surface area contributed by atoms with Gasteiger partial charge in [-0.05, 0) is 17.7 Å². The predicted molar refractivity (Wildman–Crippen MR) is 56.1 cm³/mol. The molecule has 1 aromatic heterocycles. The van der Waals surface area contributed by atoms with Gasteiger partial charge < -0.3 is 0 Å². The first kappa shape index (κ1) is 9.45. The standard InChI is InChI=1S/C10H5ClFNS/c11-3-7-6(4-13)1-2-9-10(7)8(12)5-14-9/h1-2,5H,3H2. The number of hydrogen-bond donors (Lipinski definition) is 0. The Kier molecular flexibility index (Phi) is 2.40. The molecule has 14 heavy (non-hydrogen) atoms. The molecule has 0 aliphatic carbocycles. The van der Waals surface area contributed by atoms with Gasteiger partial charge in [0.2, 0.25) is 0 Å². The van der Waals surface area contributed by atoms with E-state index >= 15 is 0 Å². The average molecular weight is 226 g/mol. The lowest BCUT2D eigenvalue weighted by molar-refractivity contribution is 0.643. The third-order valence-corrected chi connectivity index (χ3v) is 3.24. The van der Waals surface area contributed by atoms with Crippen LogP contribution in [-0.4, -0.2) is 0 Å². The number of rotatable bonds is 1. The van der Waals surface area contributed by atoms with E-state index in [1.165, 1.54) is 16.7 Å². The Morgan fingerprint density at radius 1 is 1.50 bits per heavy atom. The number of halogens is 2. The summed E-state index contributed by atoms with van der Waals surface area (Å²) in [6.07, 6.45) is 0. The van der Waals surface area contributed by atoms with Crippen LogP contribution in [0.15, 0.2) is 17.5 Å². The van der Waals surface area contributed by atoms with E-state index in [4.69, 9.17) is 16.9 Å². The van der Waals surface area contributed by atoms with E-state index in [0.717, 1.165) is 4.70 Å². The number of thiophene rings is 1. The van der Waals surface area contributed by atoms with Crippen molar-refractivity contribution < 1.29 is 4.39 Å². The molecule has 0 fully saturated rings. The van der Waals surface area contributed by atoms with Gasteiger partial charge in [0.05, 0.1) is 11.6 Å². The Labute approximate surface area is 89.3 Å². The monoisotopic (exact) mass is 225 g/mol. The molecule has 1 nitrogen and oxygen atoms in total. The third kappa shape index (κ3) is 1.28. The van der Waals surface area contributed by atoms with Crippen molar-refractivity contribution in [2.24, 2.45) is 0 Å². The van der Waals surface area contributed by atoms with Crippen LogP contribution < -0.4 is 0 Å². The fourth-order valence-electron chi connectivity index (χ4n) is 1.40. The van der Waals surface area contributed by atoms with Crippen LogP contribution in [0.5, 0.6) is 0 Å². The molecule has 0 saturated carbocycles. The first-order valence-electron chi connectivity index (χ1n) is 3.92. The van der Waals surface area contributed by atoms with Gasteiger partial charge in [-0.15, -0.1) is 22.9 Å². The van der Waals surface area contributed by atoms with Gasteiger partial charge in [-0.3, -0.25) is 0 Å². The minimum absolute atomic E-state index is 0.161. The number of benzene rings is 1. The van der Waals surface area contributed by atoms with Crippen molar-refractivity contribution in [3.63, 3.8) is 0 Å². The van der Waals surface area contributed by atoms with E-state index in [0.29, 0.717) is 16.5 Å². The highest BCUT2D eigenvalue weighted by Crippen LogP contribution is 2.30. The molecule has 70 valence electrons. The lowest BCUT2D eigenvalue weighted by Gasteiger charge is -2.01. The van der Waals surface area contributed by atoms with E-state index in [1.54, 1.807) is 12.1 Å². The first-order chi connectivity index (χ1) is 6.77. The van der Waals surface area contributed by atoms with Crippen molar-refractivity contribution in [2.45, 2.75) is 5.88 Å². The summed E-state index contributed by atoms with van der Waals surface area (Å²) in [7, 11) is 0. The number of fused-ring (bicyclic) bond motifs is 1. The van der Waals surface area contributed by atoms with Gasteiger partial charge in [-0.1, -0.05) is 0 Å². The van der Waals surface area contributed by atoms with Crippen LogP contribution in [0.25, 0.3) is 10.1 Å². The third-order valence-electron chi connectivity index (χ3n) is 2.06. The number of alkyl halides is 1. The summed E-state index contributed by atoms with van der Waals surface area (Å²) >= 11 is 7.03. The van der Waals surface area contributed by atoms with Gasteiger partial charge in [0.15, 0.2) is 0 Å². The molecule has 0 amide bonds. The highest BCUT2D eigenvalue weighted by molar-refractivity contribution is 7.17. The smallest absolute Gasteiger partial charge is 0.142 e. The molecule has 0 aliphatic heterocycles. The quantitative estimate of drug-likeness (QED) is 0.680. The topological polar surface area (TPSA) is 23.8 Å². The van der Waals surface area contributed by atoms with Crippen molar-refractivity contribution in [1.82, 2.24) is 0 Å². The molecule has 2 rings (SSSR count). The van der Waals surface area contributed by atoms with E-state index in [-0.39, 0.29) is 11.7 Å². The first-order valence-corrected chi connectivity index (χ1v) is 5.34. The maximum Gasteiger partial charge on any atom is 0.142 e. The minimum Gasteiger partial charge on any atom is -0.205 e. The molecule has 4 heteroatoms. The SMILES string of the molecule is N#Cc1ccc2scc(F)c2c1CCl. The Hall–Kier alpha value is -1.11. The van der Waals surface area contributed by atoms with Crippen molar-refractivity contribution in [1.29, 1.82) is 5.26 Å². The van der Waals surface area contributed by atoms with Crippen LogP contribution in [0, 0.1) is 17.1 Å². The molecule has 0 bridgehead atoms. The highest BCUT2D eigenvalue weighted by atomic mass is 35.5. The number of nitriles is 1. The van der Waals surface area contributed by atoms with Gasteiger partial charge in [-0.25, -0.2) is 4.39 Å². The number of nitrogens with zero attached hydrogens (tertiary/aromatic N) is 1. The molecule has 0 saturated heterocycles. The fraction of sp³-hybridized carbons (Fsp3) is 0.100. The summed E-state index contributed by atoms with van der Waals surface area (Å²) in [5.74, 6) is -0.133. The zero-order chi connectivity index (χ0) is 10.1. The second-order valence-corrected chi connectivity index (χ2v) is 3.97. The van der Waals surface area contributed by atoms with Gasteiger partial charge >= 0.3 is 0 Å². The Bertz CT molecular complexity index is 527. The Morgan fingerprint density at radius 3 is 2.93 bits per heavy atom. The highest BCUT2D eigenvalue weighted by Gasteiger charge is 2.11. The summed E-state index contributed by atoms with van der Waals surface area (Å²) in [6, 6.07) is 5.43. The lowest BCUT2D eigenvalue weighted by atomic mass is 10.1. The molecule has 0 unspecified atom stereocenters. The van der Waals surface area contributed by atoms with Crippen LogP contribution in [-0.2, 0) is 5.88 Å². The van der Waals surface area contributed by atoms with Crippen molar-refractivity contribution in [2.75, 3.05) is 0 Å². The van der Waals surface area contributed by atoms with Gasteiger partial charge in [0, 0.05) is 21.3 Å². The zero-order valence-corrected chi connectivity index (χ0v) is 8.62. The Morgan fingerprint density at radius 2 is 2.29 bits per heavy atom. The largest absolute Gasteiger partial charge is 0.205 e. The molecule has 1 heterocycles. The van der Waals surface area contributed by atoms with Crippen molar-refractivity contribution in [3.05, 3.63) is 34.5 Å². The van der Waals surface area contributed by atoms with Crippen molar-refractivity contribution in [3.8, 4) is 6.07 Å². The maximum absolute atomic E-state index is 13.4. The van der Waals surface area contributed by atoms with E-state index in [2.05, 4.69) is 0 Å². The maximum atomic E-state index is 13.4. The van der Waals surface area contributed by atoms with Crippen LogP contribution in [0.3, 0.4) is 0 Å². The van der Waals surface area contributed by atoms with Gasteiger partial charge in [0.1, 0.15) is 5.82 Å². The fourth-order valence-corrected chi connectivity index (χ4v) is 2.52. The molecular formula is C10H5ClFNS. The summed E-state index contributed by atoms with van der Waals surface area (Å²) in [5.41, 5.74) is 1.04. The molecule has 0 aliphatic rings. The van der Waals surface area contributed by atoms with Crippen LogP contribution in [0.2, 0.25) is 0 Å². The van der Waals surface area contributed by atoms with Gasteiger partial charge in [-0.2, -0.15) is 5.26 Å². The minimum atomic E-state index is -0.294. The summed E-state index contributed by atoms with van der Waals surface area (Å²) in [5, 5.41) is 10.7. The zero-order valence-electron chi connectivity index (χ0n) is 7.05. The second kappa shape index (κ2) is 3.56. The normalized spacial score (nSPS) is 10.4. The molecule has 2 aromatic rings. The molecule has 0 spiro atoms. The van der Waals surface area contributed by atoms with E-state index in [9.17, 15) is 4.39 Å². The van der Waals surface area contributed by atoms with Crippen LogP contribution in [0.1, 0.15) is 11.1 Å². The molecule has 0 N–H and O–H groups in total.